The molecule has 25 heavy (non-hydrogen) atoms. The van der Waals surface area contributed by atoms with Crippen molar-refractivity contribution in [3.63, 3.8) is 0 Å². The molecule has 0 bridgehead atoms. The molecule has 1 amide bonds. The van der Waals surface area contributed by atoms with Crippen LogP contribution in [0, 0.1) is 5.41 Å². The van der Waals surface area contributed by atoms with Crippen LogP contribution in [0.1, 0.15) is 45.7 Å². The van der Waals surface area contributed by atoms with E-state index in [9.17, 15) is 4.79 Å². The molecular formula is C18H30N4O2S. The molecule has 140 valence electrons. The van der Waals surface area contributed by atoms with Gasteiger partial charge in [0, 0.05) is 49.9 Å². The Hall–Kier alpha value is -1.18. The van der Waals surface area contributed by atoms with Crippen LogP contribution in [0.2, 0.25) is 0 Å². The number of thiazole rings is 1. The lowest BCUT2D eigenvalue weighted by Gasteiger charge is -2.57. The monoisotopic (exact) mass is 366 g/mol. The number of nitrogens with zero attached hydrogens (tertiary/aromatic N) is 2. The van der Waals surface area contributed by atoms with E-state index in [-0.39, 0.29) is 17.4 Å². The van der Waals surface area contributed by atoms with Crippen molar-refractivity contribution in [2.24, 2.45) is 11.1 Å². The molecule has 2 aliphatic rings. The summed E-state index contributed by atoms with van der Waals surface area (Å²) in [5, 5.41) is 6.20. The van der Waals surface area contributed by atoms with E-state index in [1.807, 2.05) is 20.8 Å². The molecule has 1 aliphatic heterocycles. The zero-order valence-corrected chi connectivity index (χ0v) is 16.3. The summed E-state index contributed by atoms with van der Waals surface area (Å²) in [7, 11) is 0. The van der Waals surface area contributed by atoms with Gasteiger partial charge < -0.3 is 20.7 Å². The number of ether oxygens (including phenoxy) is 1. The highest BCUT2D eigenvalue weighted by molar-refractivity contribution is 7.13. The third-order valence-electron chi connectivity index (χ3n) is 5.82. The maximum atomic E-state index is 12.6. The van der Waals surface area contributed by atoms with Crippen LogP contribution in [0.25, 0.3) is 0 Å². The highest BCUT2D eigenvalue weighted by atomic mass is 32.1. The number of nitrogens with two attached hydrogens (primary N) is 1. The third kappa shape index (κ3) is 3.41. The molecule has 7 heteroatoms. The Kier molecular flexibility index (Phi) is 5.37. The number of aromatic nitrogens is 1. The Labute approximate surface area is 154 Å². The average Bonchev–Trinajstić information content (AvgIpc) is 3.25. The summed E-state index contributed by atoms with van der Waals surface area (Å²) < 4.78 is 5.69. The summed E-state index contributed by atoms with van der Waals surface area (Å²) in [6.45, 7) is 9.42. The van der Waals surface area contributed by atoms with Gasteiger partial charge >= 0.3 is 0 Å². The Morgan fingerprint density at radius 3 is 2.84 bits per heavy atom. The Morgan fingerprint density at radius 1 is 1.48 bits per heavy atom. The number of hydrogen-bond donors (Lipinski definition) is 2. The second kappa shape index (κ2) is 7.21. The summed E-state index contributed by atoms with van der Waals surface area (Å²) in [6.07, 6.45) is 3.87. The average molecular weight is 367 g/mol. The van der Waals surface area contributed by atoms with Gasteiger partial charge in [0.15, 0.2) is 5.13 Å². The van der Waals surface area contributed by atoms with Gasteiger partial charge in [0.1, 0.15) is 5.54 Å². The van der Waals surface area contributed by atoms with Crippen LogP contribution in [-0.2, 0) is 16.0 Å². The molecule has 2 fully saturated rings. The van der Waals surface area contributed by atoms with Gasteiger partial charge in [-0.2, -0.15) is 0 Å². The van der Waals surface area contributed by atoms with Gasteiger partial charge in [-0.1, -0.05) is 13.8 Å². The first-order chi connectivity index (χ1) is 11.9. The molecule has 3 rings (SSSR count). The molecule has 3 N–H and O–H groups in total. The van der Waals surface area contributed by atoms with Crippen molar-refractivity contribution in [1.82, 2.24) is 10.3 Å². The maximum absolute atomic E-state index is 12.6. The molecule has 1 aliphatic carbocycles. The van der Waals surface area contributed by atoms with Crippen molar-refractivity contribution in [1.29, 1.82) is 0 Å². The van der Waals surface area contributed by atoms with Crippen LogP contribution in [-0.4, -0.2) is 48.8 Å². The normalized spacial score (nSPS) is 28.0. The number of amides is 1. The molecule has 1 saturated carbocycles. The number of carbonyl (C=O) groups excluding carboxylic acids is 1. The highest BCUT2D eigenvalue weighted by Gasteiger charge is 2.62. The van der Waals surface area contributed by atoms with Crippen LogP contribution in [0.4, 0.5) is 5.13 Å². The largest absolute Gasteiger partial charge is 0.378 e. The lowest BCUT2D eigenvalue weighted by Crippen LogP contribution is -2.75. The fourth-order valence-corrected chi connectivity index (χ4v) is 4.66. The second-order valence-corrected chi connectivity index (χ2v) is 8.50. The van der Waals surface area contributed by atoms with Crippen LogP contribution < -0.4 is 16.0 Å². The van der Waals surface area contributed by atoms with E-state index in [2.05, 4.69) is 15.6 Å². The van der Waals surface area contributed by atoms with E-state index < -0.39 is 5.54 Å². The fourth-order valence-electron chi connectivity index (χ4n) is 3.75. The summed E-state index contributed by atoms with van der Waals surface area (Å²) in [5.41, 5.74) is 6.24. The van der Waals surface area contributed by atoms with Crippen molar-refractivity contribution in [2.45, 2.75) is 58.1 Å². The predicted octanol–water partition coefficient (Wildman–Crippen LogP) is 1.93. The van der Waals surface area contributed by atoms with Gasteiger partial charge in [-0.25, -0.2) is 4.98 Å². The van der Waals surface area contributed by atoms with Crippen molar-refractivity contribution in [3.8, 4) is 0 Å². The van der Waals surface area contributed by atoms with Crippen LogP contribution in [0.3, 0.4) is 0 Å². The summed E-state index contributed by atoms with van der Waals surface area (Å²) in [6, 6.07) is 0. The zero-order valence-electron chi connectivity index (χ0n) is 15.5. The van der Waals surface area contributed by atoms with Gasteiger partial charge in [0.2, 0.25) is 5.91 Å². The first kappa shape index (κ1) is 18.6. The van der Waals surface area contributed by atoms with Gasteiger partial charge in [0.25, 0.3) is 0 Å². The van der Waals surface area contributed by atoms with Gasteiger partial charge in [-0.3, -0.25) is 4.79 Å². The lowest BCUT2D eigenvalue weighted by atomic mass is 9.54. The van der Waals surface area contributed by atoms with Gasteiger partial charge in [0.05, 0.1) is 11.8 Å². The van der Waals surface area contributed by atoms with E-state index in [0.29, 0.717) is 19.6 Å². The molecule has 1 saturated heterocycles. The zero-order chi connectivity index (χ0) is 18.1. The lowest BCUT2D eigenvalue weighted by molar-refractivity contribution is -0.170. The fraction of sp³-hybridized carbons (Fsp3) is 0.778. The van der Waals surface area contributed by atoms with Gasteiger partial charge in [-0.05, 0) is 19.8 Å². The number of anilines is 1. The molecule has 2 heterocycles. The molecule has 0 aromatic carbocycles. The minimum absolute atomic E-state index is 0.0507. The minimum atomic E-state index is -0.852. The van der Waals surface area contributed by atoms with E-state index in [1.54, 1.807) is 11.3 Å². The molecule has 2 atom stereocenters. The standard InChI is InChI=1S/C18H30N4O2S/c1-4-24-14-11-18(19,17(14,2)3)15(23)20-8-7-13-12-25-16(21-13)22-9-5-6-10-22/h12,14H,4-11,19H2,1-3H3,(H,20,23). The SMILES string of the molecule is CCOC1CC(N)(C(=O)NCCc2csc(N3CCCC3)n2)C1(C)C. The molecule has 1 aromatic heterocycles. The molecule has 1 aromatic rings. The van der Waals surface area contributed by atoms with Crippen LogP contribution in [0.15, 0.2) is 5.38 Å². The number of nitrogens with one attached hydrogen (secondary N) is 1. The quantitative estimate of drug-likeness (QED) is 0.771. The minimum Gasteiger partial charge on any atom is -0.378 e. The predicted molar refractivity (Wildman–Crippen MR) is 101 cm³/mol. The van der Waals surface area contributed by atoms with E-state index in [4.69, 9.17) is 15.5 Å². The van der Waals surface area contributed by atoms with Crippen LogP contribution in [0.5, 0.6) is 0 Å². The molecule has 0 radical (unpaired) electrons. The topological polar surface area (TPSA) is 80.5 Å². The molecule has 0 spiro atoms. The van der Waals surface area contributed by atoms with Crippen LogP contribution >= 0.6 is 11.3 Å². The second-order valence-electron chi connectivity index (χ2n) is 7.66. The number of rotatable bonds is 7. The third-order valence-corrected chi connectivity index (χ3v) is 6.77. The van der Waals surface area contributed by atoms with E-state index in [1.165, 1.54) is 12.8 Å². The summed E-state index contributed by atoms with van der Waals surface area (Å²) in [4.78, 5) is 19.6. The van der Waals surface area contributed by atoms with E-state index >= 15 is 0 Å². The molecular weight excluding hydrogens is 336 g/mol. The highest BCUT2D eigenvalue weighted by Crippen LogP contribution is 2.49. The number of hydrogen-bond acceptors (Lipinski definition) is 6. The smallest absolute Gasteiger partial charge is 0.240 e. The Balaban J connectivity index is 1.48. The first-order valence-corrected chi connectivity index (χ1v) is 10.1. The van der Waals surface area contributed by atoms with Crippen molar-refractivity contribution >= 4 is 22.4 Å². The summed E-state index contributed by atoms with van der Waals surface area (Å²) in [5.74, 6) is -0.0801. The summed E-state index contributed by atoms with van der Waals surface area (Å²) >= 11 is 1.69. The van der Waals surface area contributed by atoms with Crippen molar-refractivity contribution in [2.75, 3.05) is 31.1 Å². The van der Waals surface area contributed by atoms with E-state index in [0.717, 1.165) is 30.3 Å². The first-order valence-electron chi connectivity index (χ1n) is 9.26. The van der Waals surface area contributed by atoms with Gasteiger partial charge in [-0.15, -0.1) is 11.3 Å². The van der Waals surface area contributed by atoms with Crippen molar-refractivity contribution < 1.29 is 9.53 Å². The van der Waals surface area contributed by atoms with Crippen molar-refractivity contribution in [3.05, 3.63) is 11.1 Å². The Bertz CT molecular complexity index is 612. The molecule has 2 unspecified atom stereocenters. The molecule has 6 nitrogen and oxygen atoms in total. The Morgan fingerprint density at radius 2 is 2.20 bits per heavy atom. The maximum Gasteiger partial charge on any atom is 0.240 e. The number of carbonyl (C=O) groups is 1.